The SMILES string of the molecule is CCNc1nc(Nc2ccc(F)cc2F)c2cn[nH]c2n1. The fraction of sp³-hybridized carbons (Fsp3) is 0.154. The second kappa shape index (κ2) is 5.31. The van der Waals surface area contributed by atoms with E-state index in [0.717, 1.165) is 6.07 Å². The molecular formula is C13H12F2N6. The van der Waals surface area contributed by atoms with Gasteiger partial charge in [-0.1, -0.05) is 0 Å². The molecule has 0 saturated heterocycles. The first-order valence-electron chi connectivity index (χ1n) is 6.34. The van der Waals surface area contributed by atoms with E-state index in [1.54, 1.807) is 0 Å². The van der Waals surface area contributed by atoms with Crippen molar-refractivity contribution in [2.75, 3.05) is 17.2 Å². The van der Waals surface area contributed by atoms with Crippen LogP contribution in [0.25, 0.3) is 11.0 Å². The molecular weight excluding hydrogens is 278 g/mol. The second-order valence-corrected chi connectivity index (χ2v) is 4.31. The number of rotatable bonds is 4. The predicted molar refractivity (Wildman–Crippen MR) is 75.5 cm³/mol. The normalized spacial score (nSPS) is 10.8. The lowest BCUT2D eigenvalue weighted by Gasteiger charge is -2.09. The Balaban J connectivity index is 2.04. The lowest BCUT2D eigenvalue weighted by atomic mass is 10.3. The first-order valence-corrected chi connectivity index (χ1v) is 6.34. The number of H-pyrrole nitrogens is 1. The van der Waals surface area contributed by atoms with E-state index in [4.69, 9.17) is 0 Å². The van der Waals surface area contributed by atoms with Crippen LogP contribution in [-0.4, -0.2) is 26.7 Å². The molecule has 0 aliphatic rings. The molecule has 108 valence electrons. The van der Waals surface area contributed by atoms with E-state index in [1.165, 1.54) is 18.3 Å². The van der Waals surface area contributed by atoms with Gasteiger partial charge < -0.3 is 10.6 Å². The number of aromatic nitrogens is 4. The molecule has 2 aromatic heterocycles. The van der Waals surface area contributed by atoms with E-state index in [9.17, 15) is 8.78 Å². The van der Waals surface area contributed by atoms with Gasteiger partial charge in [-0.25, -0.2) is 8.78 Å². The molecule has 1 aromatic carbocycles. The highest BCUT2D eigenvalue weighted by atomic mass is 19.1. The van der Waals surface area contributed by atoms with E-state index < -0.39 is 11.6 Å². The maximum atomic E-state index is 13.7. The first kappa shape index (κ1) is 13.2. The van der Waals surface area contributed by atoms with E-state index >= 15 is 0 Å². The van der Waals surface area contributed by atoms with Gasteiger partial charge in [0.05, 0.1) is 17.3 Å². The molecule has 0 spiro atoms. The Morgan fingerprint density at radius 1 is 1.24 bits per heavy atom. The molecule has 0 amide bonds. The van der Waals surface area contributed by atoms with Gasteiger partial charge in [0.1, 0.15) is 17.5 Å². The highest BCUT2D eigenvalue weighted by Crippen LogP contribution is 2.25. The molecule has 3 rings (SSSR count). The van der Waals surface area contributed by atoms with Crippen molar-refractivity contribution in [2.45, 2.75) is 6.92 Å². The monoisotopic (exact) mass is 290 g/mol. The number of hydrogen-bond acceptors (Lipinski definition) is 5. The van der Waals surface area contributed by atoms with Crippen molar-refractivity contribution in [3.05, 3.63) is 36.0 Å². The average molecular weight is 290 g/mol. The van der Waals surface area contributed by atoms with Crippen LogP contribution in [0.15, 0.2) is 24.4 Å². The number of nitrogens with one attached hydrogen (secondary N) is 3. The maximum absolute atomic E-state index is 13.7. The Labute approximate surface area is 118 Å². The van der Waals surface area contributed by atoms with Crippen molar-refractivity contribution < 1.29 is 8.78 Å². The first-order chi connectivity index (χ1) is 10.2. The predicted octanol–water partition coefficient (Wildman–Crippen LogP) is 2.81. The lowest BCUT2D eigenvalue weighted by Crippen LogP contribution is -2.05. The van der Waals surface area contributed by atoms with E-state index in [2.05, 4.69) is 30.8 Å². The number of aromatic amines is 1. The third-order valence-corrected chi connectivity index (χ3v) is 2.83. The average Bonchev–Trinajstić information content (AvgIpc) is 2.91. The van der Waals surface area contributed by atoms with Crippen molar-refractivity contribution in [1.82, 2.24) is 20.2 Å². The quantitative estimate of drug-likeness (QED) is 0.688. The molecule has 0 bridgehead atoms. The minimum Gasteiger partial charge on any atom is -0.354 e. The molecule has 6 nitrogen and oxygen atoms in total. The van der Waals surface area contributed by atoms with Crippen molar-refractivity contribution >= 4 is 28.5 Å². The fourth-order valence-electron chi connectivity index (χ4n) is 1.89. The topological polar surface area (TPSA) is 78.5 Å². The van der Waals surface area contributed by atoms with Crippen LogP contribution in [-0.2, 0) is 0 Å². The highest BCUT2D eigenvalue weighted by Gasteiger charge is 2.11. The molecule has 0 radical (unpaired) electrons. The van der Waals surface area contributed by atoms with Crippen LogP contribution in [0.5, 0.6) is 0 Å². The van der Waals surface area contributed by atoms with Gasteiger partial charge in [0.15, 0.2) is 5.65 Å². The summed E-state index contributed by atoms with van der Waals surface area (Å²) in [4.78, 5) is 8.50. The summed E-state index contributed by atoms with van der Waals surface area (Å²) >= 11 is 0. The lowest BCUT2D eigenvalue weighted by molar-refractivity contribution is 0.586. The van der Waals surface area contributed by atoms with Crippen LogP contribution in [0.4, 0.5) is 26.2 Å². The van der Waals surface area contributed by atoms with Gasteiger partial charge in [-0.15, -0.1) is 0 Å². The smallest absolute Gasteiger partial charge is 0.226 e. The summed E-state index contributed by atoms with van der Waals surface area (Å²) in [6.07, 6.45) is 1.54. The van der Waals surface area contributed by atoms with E-state index in [1.807, 2.05) is 6.92 Å². The summed E-state index contributed by atoms with van der Waals surface area (Å²) in [5.41, 5.74) is 0.644. The van der Waals surface area contributed by atoms with E-state index in [-0.39, 0.29) is 5.69 Å². The molecule has 3 N–H and O–H groups in total. The summed E-state index contributed by atoms with van der Waals surface area (Å²) in [5.74, 6) is -0.563. The standard InChI is InChI=1S/C13H12F2N6/c1-2-16-13-19-11(8-6-17-21-12(8)20-13)18-10-4-3-7(14)5-9(10)15/h3-6H,2H2,1H3,(H3,16,17,18,19,20,21). The zero-order chi connectivity index (χ0) is 14.8. The molecule has 0 unspecified atom stereocenters. The Kier molecular flexibility index (Phi) is 3.35. The fourth-order valence-corrected chi connectivity index (χ4v) is 1.89. The van der Waals surface area contributed by atoms with Crippen molar-refractivity contribution in [3.63, 3.8) is 0 Å². The summed E-state index contributed by atoms with van der Waals surface area (Å²) in [6.45, 7) is 2.55. The van der Waals surface area contributed by atoms with Crippen LogP contribution in [0, 0.1) is 11.6 Å². The Hall–Kier alpha value is -2.77. The zero-order valence-corrected chi connectivity index (χ0v) is 11.1. The largest absolute Gasteiger partial charge is 0.354 e. The summed E-state index contributed by atoms with van der Waals surface area (Å²) < 4.78 is 26.7. The van der Waals surface area contributed by atoms with Gasteiger partial charge >= 0.3 is 0 Å². The Bertz CT molecular complexity index is 785. The molecule has 21 heavy (non-hydrogen) atoms. The number of benzene rings is 1. The van der Waals surface area contributed by atoms with Crippen LogP contribution in [0.2, 0.25) is 0 Å². The number of halogens is 2. The molecule has 0 atom stereocenters. The number of fused-ring (bicyclic) bond motifs is 1. The Morgan fingerprint density at radius 3 is 2.86 bits per heavy atom. The summed E-state index contributed by atoms with van der Waals surface area (Å²) in [7, 11) is 0. The third kappa shape index (κ3) is 2.60. The van der Waals surface area contributed by atoms with Gasteiger partial charge in [0, 0.05) is 12.6 Å². The van der Waals surface area contributed by atoms with Gasteiger partial charge in [-0.05, 0) is 19.1 Å². The van der Waals surface area contributed by atoms with Crippen molar-refractivity contribution in [3.8, 4) is 0 Å². The number of anilines is 3. The van der Waals surface area contributed by atoms with Gasteiger partial charge in [0.25, 0.3) is 0 Å². The van der Waals surface area contributed by atoms with Crippen LogP contribution in [0.1, 0.15) is 6.92 Å². The van der Waals surface area contributed by atoms with Crippen molar-refractivity contribution in [2.24, 2.45) is 0 Å². The van der Waals surface area contributed by atoms with Gasteiger partial charge in [0.2, 0.25) is 5.95 Å². The maximum Gasteiger partial charge on any atom is 0.226 e. The minimum atomic E-state index is -0.699. The van der Waals surface area contributed by atoms with Gasteiger partial charge in [-0.2, -0.15) is 15.1 Å². The molecule has 3 aromatic rings. The van der Waals surface area contributed by atoms with Crippen LogP contribution < -0.4 is 10.6 Å². The number of nitrogens with zero attached hydrogens (tertiary/aromatic N) is 3. The molecule has 0 saturated carbocycles. The van der Waals surface area contributed by atoms with E-state index in [0.29, 0.717) is 29.3 Å². The van der Waals surface area contributed by atoms with Crippen LogP contribution in [0.3, 0.4) is 0 Å². The molecule has 0 aliphatic carbocycles. The minimum absolute atomic E-state index is 0.125. The molecule has 0 aliphatic heterocycles. The van der Waals surface area contributed by atoms with Gasteiger partial charge in [-0.3, -0.25) is 5.10 Å². The second-order valence-electron chi connectivity index (χ2n) is 4.31. The summed E-state index contributed by atoms with van der Waals surface area (Å²) in [6, 6.07) is 3.29. The van der Waals surface area contributed by atoms with Crippen LogP contribution >= 0.6 is 0 Å². The third-order valence-electron chi connectivity index (χ3n) is 2.83. The molecule has 8 heteroatoms. The molecule has 0 fully saturated rings. The number of hydrogen-bond donors (Lipinski definition) is 3. The highest BCUT2D eigenvalue weighted by molar-refractivity contribution is 5.89. The van der Waals surface area contributed by atoms with Crippen molar-refractivity contribution in [1.29, 1.82) is 0 Å². The zero-order valence-electron chi connectivity index (χ0n) is 11.1. The summed E-state index contributed by atoms with van der Waals surface area (Å²) in [5, 5.41) is 13.0. The Morgan fingerprint density at radius 2 is 2.10 bits per heavy atom. The molecule has 2 heterocycles.